The Morgan fingerprint density at radius 1 is 1.42 bits per heavy atom. The second-order valence-corrected chi connectivity index (χ2v) is 5.88. The van der Waals surface area contributed by atoms with E-state index in [1.54, 1.807) is 12.1 Å². The summed E-state index contributed by atoms with van der Waals surface area (Å²) in [6, 6.07) is 4.87. The number of halogens is 1. The van der Waals surface area contributed by atoms with Gasteiger partial charge in [-0.25, -0.2) is 0 Å². The fraction of sp³-hybridized carbons (Fsp3) is 0.500. The van der Waals surface area contributed by atoms with E-state index in [4.69, 9.17) is 4.74 Å². The van der Waals surface area contributed by atoms with Crippen LogP contribution in [-0.4, -0.2) is 30.8 Å². The number of nitrogens with one attached hydrogen (secondary N) is 1. The first-order valence-corrected chi connectivity index (χ1v) is 7.43. The van der Waals surface area contributed by atoms with Crippen molar-refractivity contribution in [2.24, 2.45) is 5.92 Å². The fourth-order valence-corrected chi connectivity index (χ4v) is 1.75. The van der Waals surface area contributed by atoms with Crippen molar-refractivity contribution in [2.45, 2.75) is 20.3 Å². The molecule has 1 aromatic rings. The lowest BCUT2D eigenvalue weighted by atomic mass is 10.1. The molecular formula is C14H20INO3. The molecule has 0 spiro atoms. The Bertz CT molecular complexity index is 421. The molecule has 1 rings (SSSR count). The van der Waals surface area contributed by atoms with Crippen molar-refractivity contribution in [1.29, 1.82) is 0 Å². The predicted octanol–water partition coefficient (Wildman–Crippen LogP) is 2.79. The minimum atomic E-state index is -0.195. The van der Waals surface area contributed by atoms with Gasteiger partial charge >= 0.3 is 0 Å². The maximum atomic E-state index is 11.8. The quantitative estimate of drug-likeness (QED) is 0.568. The highest BCUT2D eigenvalue weighted by Gasteiger charge is 2.07. The van der Waals surface area contributed by atoms with Gasteiger partial charge in [0.15, 0.2) is 0 Å². The highest BCUT2D eigenvalue weighted by atomic mass is 127. The number of phenols is 1. The Kier molecular flexibility index (Phi) is 7.15. The SMILES string of the molecule is CC(C)CCOCCNC(=O)c1ccc(I)c(O)c1. The first kappa shape index (κ1) is 16.2. The second kappa shape index (κ2) is 8.37. The predicted molar refractivity (Wildman–Crippen MR) is 83.4 cm³/mol. The Hall–Kier alpha value is -0.820. The molecule has 0 bridgehead atoms. The minimum Gasteiger partial charge on any atom is -0.507 e. The molecule has 1 aromatic carbocycles. The zero-order valence-corrected chi connectivity index (χ0v) is 13.4. The molecule has 0 saturated heterocycles. The van der Waals surface area contributed by atoms with Crippen molar-refractivity contribution in [3.63, 3.8) is 0 Å². The van der Waals surface area contributed by atoms with E-state index in [2.05, 4.69) is 19.2 Å². The zero-order valence-electron chi connectivity index (χ0n) is 11.3. The summed E-state index contributed by atoms with van der Waals surface area (Å²) in [6.45, 7) is 6.00. The van der Waals surface area contributed by atoms with Crippen LogP contribution in [0.2, 0.25) is 0 Å². The number of amides is 1. The third-order valence-corrected chi connectivity index (χ3v) is 3.49. The summed E-state index contributed by atoms with van der Waals surface area (Å²) in [7, 11) is 0. The molecule has 0 saturated carbocycles. The molecule has 4 nitrogen and oxygen atoms in total. The van der Waals surface area contributed by atoms with Gasteiger partial charge in [0.1, 0.15) is 5.75 Å². The molecule has 0 unspecified atom stereocenters. The van der Waals surface area contributed by atoms with Crippen LogP contribution in [0.25, 0.3) is 0 Å². The number of hydrogen-bond donors (Lipinski definition) is 2. The van der Waals surface area contributed by atoms with Gasteiger partial charge in [0.2, 0.25) is 0 Å². The molecule has 0 aliphatic heterocycles. The van der Waals surface area contributed by atoms with Crippen molar-refractivity contribution in [1.82, 2.24) is 5.32 Å². The number of benzene rings is 1. The van der Waals surface area contributed by atoms with E-state index >= 15 is 0 Å². The lowest BCUT2D eigenvalue weighted by Crippen LogP contribution is -2.27. The van der Waals surface area contributed by atoms with Crippen LogP contribution in [0, 0.1) is 9.49 Å². The Labute approximate surface area is 127 Å². The Morgan fingerprint density at radius 2 is 2.16 bits per heavy atom. The molecule has 0 aliphatic carbocycles. The number of rotatable bonds is 7. The normalized spacial score (nSPS) is 10.7. The smallest absolute Gasteiger partial charge is 0.251 e. The summed E-state index contributed by atoms with van der Waals surface area (Å²) in [5.41, 5.74) is 0.458. The number of hydrogen-bond acceptors (Lipinski definition) is 3. The van der Waals surface area contributed by atoms with E-state index in [0.717, 1.165) is 16.6 Å². The van der Waals surface area contributed by atoms with Crippen molar-refractivity contribution < 1.29 is 14.6 Å². The van der Waals surface area contributed by atoms with Gasteiger partial charge in [-0.1, -0.05) is 13.8 Å². The van der Waals surface area contributed by atoms with Crippen LogP contribution in [0.5, 0.6) is 5.75 Å². The summed E-state index contributed by atoms with van der Waals surface area (Å²) < 4.78 is 6.14. The Morgan fingerprint density at radius 3 is 2.79 bits per heavy atom. The van der Waals surface area contributed by atoms with E-state index in [0.29, 0.717) is 24.6 Å². The van der Waals surface area contributed by atoms with E-state index in [9.17, 15) is 9.90 Å². The molecule has 0 atom stereocenters. The summed E-state index contributed by atoms with van der Waals surface area (Å²) in [4.78, 5) is 11.8. The first-order chi connectivity index (χ1) is 9.00. The van der Waals surface area contributed by atoms with Crippen LogP contribution in [-0.2, 0) is 4.74 Å². The van der Waals surface area contributed by atoms with E-state index in [1.165, 1.54) is 6.07 Å². The molecule has 106 valence electrons. The van der Waals surface area contributed by atoms with Gasteiger partial charge < -0.3 is 15.2 Å². The number of carbonyl (C=O) groups is 1. The maximum absolute atomic E-state index is 11.8. The van der Waals surface area contributed by atoms with Crippen molar-refractivity contribution in [2.75, 3.05) is 19.8 Å². The van der Waals surface area contributed by atoms with Crippen LogP contribution in [0.1, 0.15) is 30.6 Å². The molecule has 0 heterocycles. The molecule has 5 heteroatoms. The number of aromatic hydroxyl groups is 1. The average Bonchev–Trinajstić information content (AvgIpc) is 2.36. The summed E-state index contributed by atoms with van der Waals surface area (Å²) >= 11 is 2.01. The van der Waals surface area contributed by atoms with Crippen LogP contribution in [0.15, 0.2) is 18.2 Å². The van der Waals surface area contributed by atoms with Gasteiger partial charge in [-0.05, 0) is 53.1 Å². The Balaban J connectivity index is 2.26. The number of carbonyl (C=O) groups excluding carboxylic acids is 1. The van der Waals surface area contributed by atoms with Gasteiger partial charge in [0.05, 0.1) is 10.2 Å². The van der Waals surface area contributed by atoms with Crippen molar-refractivity contribution in [3.8, 4) is 5.75 Å². The molecule has 0 aliphatic rings. The topological polar surface area (TPSA) is 58.6 Å². The van der Waals surface area contributed by atoms with Gasteiger partial charge in [0.25, 0.3) is 5.91 Å². The molecule has 0 fully saturated rings. The zero-order chi connectivity index (χ0) is 14.3. The van der Waals surface area contributed by atoms with Crippen LogP contribution in [0.4, 0.5) is 0 Å². The molecule has 1 amide bonds. The lowest BCUT2D eigenvalue weighted by Gasteiger charge is -2.08. The molecule has 19 heavy (non-hydrogen) atoms. The monoisotopic (exact) mass is 377 g/mol. The number of phenolic OH excluding ortho intramolecular Hbond substituents is 1. The van der Waals surface area contributed by atoms with Crippen LogP contribution >= 0.6 is 22.6 Å². The van der Waals surface area contributed by atoms with Gasteiger partial charge in [-0.15, -0.1) is 0 Å². The van der Waals surface area contributed by atoms with E-state index in [-0.39, 0.29) is 11.7 Å². The number of ether oxygens (including phenoxy) is 1. The van der Waals surface area contributed by atoms with E-state index in [1.807, 2.05) is 22.6 Å². The van der Waals surface area contributed by atoms with Gasteiger partial charge in [0, 0.05) is 18.7 Å². The summed E-state index contributed by atoms with van der Waals surface area (Å²) in [6.07, 6.45) is 1.03. The molecule has 2 N–H and O–H groups in total. The maximum Gasteiger partial charge on any atom is 0.251 e. The molecule has 0 radical (unpaired) electrons. The first-order valence-electron chi connectivity index (χ1n) is 6.35. The van der Waals surface area contributed by atoms with Crippen molar-refractivity contribution >= 4 is 28.5 Å². The van der Waals surface area contributed by atoms with Crippen LogP contribution in [0.3, 0.4) is 0 Å². The van der Waals surface area contributed by atoms with Crippen LogP contribution < -0.4 is 5.32 Å². The third kappa shape index (κ3) is 6.24. The fourth-order valence-electron chi connectivity index (χ4n) is 1.41. The average molecular weight is 377 g/mol. The molecular weight excluding hydrogens is 357 g/mol. The minimum absolute atomic E-state index is 0.126. The lowest BCUT2D eigenvalue weighted by molar-refractivity contribution is 0.0905. The van der Waals surface area contributed by atoms with Gasteiger partial charge in [-0.2, -0.15) is 0 Å². The molecule has 0 aromatic heterocycles. The summed E-state index contributed by atoms with van der Waals surface area (Å²) in [5, 5.41) is 12.3. The van der Waals surface area contributed by atoms with Crippen molar-refractivity contribution in [3.05, 3.63) is 27.3 Å². The standard InChI is InChI=1S/C14H20INO3/c1-10(2)5-7-19-8-6-16-14(18)11-3-4-12(15)13(17)9-11/h3-4,9-10,17H,5-8H2,1-2H3,(H,16,18). The van der Waals surface area contributed by atoms with Gasteiger partial charge in [-0.3, -0.25) is 4.79 Å². The summed E-state index contributed by atoms with van der Waals surface area (Å²) in [5.74, 6) is 0.560. The largest absolute Gasteiger partial charge is 0.507 e. The third-order valence-electron chi connectivity index (χ3n) is 2.58. The van der Waals surface area contributed by atoms with E-state index < -0.39 is 0 Å². The highest BCUT2D eigenvalue weighted by Crippen LogP contribution is 2.20. The second-order valence-electron chi connectivity index (χ2n) is 4.72. The highest BCUT2D eigenvalue weighted by molar-refractivity contribution is 14.1.